The second-order valence-corrected chi connectivity index (χ2v) is 8.51. The van der Waals surface area contributed by atoms with E-state index in [9.17, 15) is 4.79 Å². The van der Waals surface area contributed by atoms with Gasteiger partial charge in [-0.05, 0) is 53.8 Å². The third-order valence-corrected chi connectivity index (χ3v) is 5.09. The zero-order valence-electron chi connectivity index (χ0n) is 19.8. The maximum atomic E-state index is 12.5. The minimum absolute atomic E-state index is 0.0997. The zero-order valence-corrected chi connectivity index (χ0v) is 19.8. The van der Waals surface area contributed by atoms with Crippen LogP contribution in [0.5, 0.6) is 23.1 Å². The summed E-state index contributed by atoms with van der Waals surface area (Å²) in [4.78, 5) is 16.9. The van der Waals surface area contributed by atoms with Crippen LogP contribution in [-0.2, 0) is 11.8 Å². The highest BCUT2D eigenvalue weighted by atomic mass is 16.5. The largest absolute Gasteiger partial charge is 0.497 e. The molecule has 3 rings (SSSR count). The molecule has 2 N–H and O–H groups in total. The van der Waals surface area contributed by atoms with E-state index in [-0.39, 0.29) is 11.4 Å². The summed E-state index contributed by atoms with van der Waals surface area (Å²) < 4.78 is 16.8. The van der Waals surface area contributed by atoms with Gasteiger partial charge in [-0.3, -0.25) is 0 Å². The van der Waals surface area contributed by atoms with Crippen LogP contribution in [0.4, 0.5) is 10.5 Å². The molecule has 7 nitrogen and oxygen atoms in total. The number of hydrogen-bond donors (Lipinski definition) is 2. The summed E-state index contributed by atoms with van der Waals surface area (Å²) >= 11 is 0. The van der Waals surface area contributed by atoms with Crippen LogP contribution >= 0.6 is 0 Å². The number of carbonyl (C=O) groups excluding carboxylic acids is 1. The van der Waals surface area contributed by atoms with E-state index in [1.165, 1.54) is 0 Å². The van der Waals surface area contributed by atoms with Gasteiger partial charge in [-0.2, -0.15) is 0 Å². The topological polar surface area (TPSA) is 81.7 Å². The number of amides is 2. The van der Waals surface area contributed by atoms with Crippen LogP contribution in [0.3, 0.4) is 0 Å². The monoisotopic (exact) mass is 449 g/mol. The van der Waals surface area contributed by atoms with Gasteiger partial charge in [0.25, 0.3) is 0 Å². The summed E-state index contributed by atoms with van der Waals surface area (Å²) in [5.41, 5.74) is 2.38. The molecule has 0 fully saturated rings. The fourth-order valence-corrected chi connectivity index (χ4v) is 3.40. The van der Waals surface area contributed by atoms with E-state index >= 15 is 0 Å². The lowest BCUT2D eigenvalue weighted by Crippen LogP contribution is -2.30. The Morgan fingerprint density at radius 3 is 2.48 bits per heavy atom. The Bertz CT molecular complexity index is 1090. The molecule has 33 heavy (non-hydrogen) atoms. The SMILES string of the molecule is COc1ccc(OC)c(CCNC(=O)Nc2cccnc2Oc2ccccc2C(C)(C)C)c1. The number of carbonyl (C=O) groups is 1. The number of urea groups is 1. The van der Waals surface area contributed by atoms with E-state index in [2.05, 4.69) is 36.4 Å². The lowest BCUT2D eigenvalue weighted by molar-refractivity contribution is 0.252. The lowest BCUT2D eigenvalue weighted by Gasteiger charge is -2.22. The molecule has 0 saturated heterocycles. The van der Waals surface area contributed by atoms with Gasteiger partial charge in [-0.1, -0.05) is 39.0 Å². The molecule has 0 unspecified atom stereocenters. The molecule has 0 aliphatic heterocycles. The molecule has 1 aromatic heterocycles. The first kappa shape index (κ1) is 23.9. The second kappa shape index (κ2) is 10.7. The Morgan fingerprint density at radius 1 is 0.970 bits per heavy atom. The highest BCUT2D eigenvalue weighted by Crippen LogP contribution is 2.35. The molecule has 0 spiro atoms. The van der Waals surface area contributed by atoms with E-state index in [0.29, 0.717) is 30.3 Å². The van der Waals surface area contributed by atoms with Gasteiger partial charge in [0.15, 0.2) is 0 Å². The minimum atomic E-state index is -0.348. The highest BCUT2D eigenvalue weighted by molar-refractivity contribution is 5.90. The van der Waals surface area contributed by atoms with Gasteiger partial charge in [-0.25, -0.2) is 9.78 Å². The van der Waals surface area contributed by atoms with Crippen molar-refractivity contribution in [3.63, 3.8) is 0 Å². The van der Waals surface area contributed by atoms with E-state index in [1.807, 2.05) is 42.5 Å². The highest BCUT2D eigenvalue weighted by Gasteiger charge is 2.20. The maximum absolute atomic E-state index is 12.5. The molecule has 7 heteroatoms. The number of rotatable bonds is 8. The van der Waals surface area contributed by atoms with Gasteiger partial charge in [-0.15, -0.1) is 0 Å². The summed E-state index contributed by atoms with van der Waals surface area (Å²) in [5, 5.41) is 5.70. The van der Waals surface area contributed by atoms with Crippen LogP contribution in [0.2, 0.25) is 0 Å². The summed E-state index contributed by atoms with van der Waals surface area (Å²) in [6, 6.07) is 16.6. The van der Waals surface area contributed by atoms with Crippen molar-refractivity contribution in [2.75, 3.05) is 26.1 Å². The van der Waals surface area contributed by atoms with Crippen molar-refractivity contribution in [2.45, 2.75) is 32.6 Å². The van der Waals surface area contributed by atoms with Crippen molar-refractivity contribution < 1.29 is 19.0 Å². The summed E-state index contributed by atoms with van der Waals surface area (Å²) in [5.74, 6) is 2.53. The van der Waals surface area contributed by atoms with Crippen molar-refractivity contribution in [3.05, 3.63) is 71.9 Å². The molecule has 1 heterocycles. The third kappa shape index (κ3) is 6.38. The molecule has 2 amide bonds. The van der Waals surface area contributed by atoms with Gasteiger partial charge >= 0.3 is 6.03 Å². The van der Waals surface area contributed by atoms with Gasteiger partial charge in [0, 0.05) is 18.3 Å². The fraction of sp³-hybridized carbons (Fsp3) is 0.308. The molecule has 0 aliphatic rings. The van der Waals surface area contributed by atoms with Crippen molar-refractivity contribution in [1.82, 2.24) is 10.3 Å². The molecule has 0 radical (unpaired) electrons. The van der Waals surface area contributed by atoms with Crippen LogP contribution in [0, 0.1) is 0 Å². The number of benzene rings is 2. The quantitative estimate of drug-likeness (QED) is 0.471. The van der Waals surface area contributed by atoms with Crippen LogP contribution in [0.1, 0.15) is 31.9 Å². The van der Waals surface area contributed by atoms with E-state index in [4.69, 9.17) is 14.2 Å². The fourth-order valence-electron chi connectivity index (χ4n) is 3.40. The Hall–Kier alpha value is -3.74. The summed E-state index contributed by atoms with van der Waals surface area (Å²) in [6.07, 6.45) is 2.22. The molecule has 174 valence electrons. The predicted molar refractivity (Wildman–Crippen MR) is 130 cm³/mol. The maximum Gasteiger partial charge on any atom is 0.319 e. The minimum Gasteiger partial charge on any atom is -0.497 e. The molecule has 0 aliphatic carbocycles. The first-order valence-corrected chi connectivity index (χ1v) is 10.8. The number of hydrogen-bond acceptors (Lipinski definition) is 5. The molecule has 0 saturated carbocycles. The van der Waals surface area contributed by atoms with Gasteiger partial charge < -0.3 is 24.8 Å². The van der Waals surface area contributed by atoms with Crippen LogP contribution in [0.15, 0.2) is 60.8 Å². The van der Waals surface area contributed by atoms with E-state index in [0.717, 1.165) is 22.6 Å². The number of nitrogens with one attached hydrogen (secondary N) is 2. The number of methoxy groups -OCH3 is 2. The smallest absolute Gasteiger partial charge is 0.319 e. The van der Waals surface area contributed by atoms with E-state index < -0.39 is 0 Å². The number of anilines is 1. The first-order chi connectivity index (χ1) is 15.8. The number of ether oxygens (including phenoxy) is 3. The zero-order chi connectivity index (χ0) is 23.8. The molecule has 3 aromatic rings. The van der Waals surface area contributed by atoms with Crippen molar-refractivity contribution >= 4 is 11.7 Å². The number of pyridine rings is 1. The molecule has 2 aromatic carbocycles. The Balaban J connectivity index is 1.66. The van der Waals surface area contributed by atoms with Crippen molar-refractivity contribution in [2.24, 2.45) is 0 Å². The second-order valence-electron chi connectivity index (χ2n) is 8.51. The molecule has 0 bridgehead atoms. The average molecular weight is 450 g/mol. The van der Waals surface area contributed by atoms with Crippen molar-refractivity contribution in [3.8, 4) is 23.1 Å². The Kier molecular flexibility index (Phi) is 7.77. The average Bonchev–Trinajstić information content (AvgIpc) is 2.80. The summed E-state index contributed by atoms with van der Waals surface area (Å²) in [6.45, 7) is 6.78. The molecular weight excluding hydrogens is 418 g/mol. The van der Waals surface area contributed by atoms with Crippen LogP contribution in [-0.4, -0.2) is 31.8 Å². The van der Waals surface area contributed by atoms with E-state index in [1.54, 1.807) is 32.5 Å². The molecule has 0 atom stereocenters. The molecular formula is C26H31N3O4. The van der Waals surface area contributed by atoms with Gasteiger partial charge in [0.05, 0.1) is 14.2 Å². The number of nitrogens with zero attached hydrogens (tertiary/aromatic N) is 1. The number of aromatic nitrogens is 1. The summed E-state index contributed by atoms with van der Waals surface area (Å²) in [7, 11) is 3.23. The van der Waals surface area contributed by atoms with Gasteiger partial charge in [0.2, 0.25) is 5.88 Å². The predicted octanol–water partition coefficient (Wildman–Crippen LogP) is 5.55. The Labute approximate surface area is 195 Å². The lowest BCUT2D eigenvalue weighted by atomic mass is 9.86. The van der Waals surface area contributed by atoms with Gasteiger partial charge in [0.1, 0.15) is 22.9 Å². The third-order valence-electron chi connectivity index (χ3n) is 5.09. The first-order valence-electron chi connectivity index (χ1n) is 10.8. The standard InChI is InChI=1S/C26H31N3O4/c1-26(2,3)20-9-6-7-11-23(20)33-24-21(10-8-15-27-24)29-25(30)28-16-14-18-17-19(31-4)12-13-22(18)32-5/h6-13,15,17H,14,16H2,1-5H3,(H2,28,29,30). The van der Waals surface area contributed by atoms with Crippen LogP contribution < -0.4 is 24.8 Å². The Morgan fingerprint density at radius 2 is 1.76 bits per heavy atom. The van der Waals surface area contributed by atoms with Crippen molar-refractivity contribution in [1.29, 1.82) is 0 Å². The number of para-hydroxylation sites is 1. The normalized spacial score (nSPS) is 10.9. The van der Waals surface area contributed by atoms with Crippen LogP contribution in [0.25, 0.3) is 0 Å².